The van der Waals surface area contributed by atoms with Crippen LogP contribution in [0.25, 0.3) is 11.0 Å². The van der Waals surface area contributed by atoms with Crippen molar-refractivity contribution in [1.29, 1.82) is 0 Å². The molecule has 2 rings (SSSR count). The third kappa shape index (κ3) is 1.18. The fourth-order valence-corrected chi connectivity index (χ4v) is 1.35. The van der Waals surface area contributed by atoms with E-state index < -0.39 is 11.1 Å². The van der Waals surface area contributed by atoms with E-state index in [-0.39, 0.29) is 5.52 Å². The van der Waals surface area contributed by atoms with Gasteiger partial charge in [0.25, 0.3) is 0 Å². The number of H-pyrrole nitrogens is 1. The average molecular weight is 213 g/mol. The number of nitrogens with zero attached hydrogens (tertiary/aromatic N) is 1. The summed E-state index contributed by atoms with van der Waals surface area (Å²) >= 11 is 5.67. The van der Waals surface area contributed by atoms with Gasteiger partial charge < -0.3 is 10.2 Å². The Balaban J connectivity index is 3.06. The number of halogens is 1. The first kappa shape index (κ1) is 8.83. The topological polar surface area (TPSA) is 75.1 Å². The molecule has 2 aromatic rings. The van der Waals surface area contributed by atoms with Gasteiger partial charge in [0.15, 0.2) is 0 Å². The Bertz CT molecular complexity index is 614. The van der Waals surface area contributed by atoms with Crippen molar-refractivity contribution in [2.75, 3.05) is 0 Å². The normalized spacial score (nSPS) is 10.6. The van der Waals surface area contributed by atoms with Crippen LogP contribution in [-0.4, -0.2) is 14.9 Å². The fraction of sp³-hybridized carbons (Fsp3) is 0. The zero-order chi connectivity index (χ0) is 10.3. The lowest BCUT2D eigenvalue weighted by Gasteiger charge is -2.01. The van der Waals surface area contributed by atoms with Crippen molar-refractivity contribution in [2.45, 2.75) is 0 Å². The maximum atomic E-state index is 11.0. The number of benzene rings is 1. The van der Waals surface area contributed by atoms with Crippen LogP contribution >= 0.6 is 11.6 Å². The van der Waals surface area contributed by atoms with Gasteiger partial charge in [-0.25, -0.2) is 0 Å². The highest BCUT2D eigenvalue weighted by Crippen LogP contribution is 2.14. The Hall–Kier alpha value is -1.75. The van der Waals surface area contributed by atoms with E-state index in [1.54, 1.807) is 0 Å². The van der Waals surface area contributed by atoms with Crippen LogP contribution in [0.2, 0.25) is 5.02 Å². The molecule has 1 aromatic heterocycles. The molecule has 0 radical (unpaired) electrons. The van der Waals surface area contributed by atoms with Crippen LogP contribution in [0.1, 0.15) is 0 Å². The second-order valence-corrected chi connectivity index (χ2v) is 3.17. The summed E-state index contributed by atoms with van der Waals surface area (Å²) in [6.07, 6.45) is 0. The molecular weight excluding hydrogens is 208 g/mol. The minimum absolute atomic E-state index is 0.207. The number of rotatable bonds is 0. The molecule has 0 saturated heterocycles. The molecule has 0 aliphatic rings. The van der Waals surface area contributed by atoms with Crippen molar-refractivity contribution in [3.63, 3.8) is 0 Å². The molecule has 1 aromatic carbocycles. The molecule has 1 heterocycles. The predicted octanol–water partition coefficient (Wildman–Crippen LogP) is 0.581. The molecule has 0 fully saturated rings. The molecule has 0 bridgehead atoms. The van der Waals surface area contributed by atoms with Crippen LogP contribution in [0, 0.1) is 0 Å². The summed E-state index contributed by atoms with van der Waals surface area (Å²) in [6.45, 7) is 0. The number of hydrogen-bond donors (Lipinski definition) is 2. The van der Waals surface area contributed by atoms with E-state index in [0.717, 1.165) is 0 Å². The maximum Gasteiger partial charge on any atom is 0.348 e. The van der Waals surface area contributed by atoms with Crippen molar-refractivity contribution >= 4 is 22.6 Å². The first-order chi connectivity index (χ1) is 6.59. The number of hydrogen-bond acceptors (Lipinski definition) is 3. The lowest BCUT2D eigenvalue weighted by atomic mass is 10.3. The third-order valence-electron chi connectivity index (χ3n) is 1.82. The Kier molecular flexibility index (Phi) is 1.82. The fourth-order valence-electron chi connectivity index (χ4n) is 1.17. The van der Waals surface area contributed by atoms with Crippen molar-refractivity contribution < 1.29 is 5.21 Å². The van der Waals surface area contributed by atoms with Gasteiger partial charge in [-0.15, -0.1) is 4.73 Å². The van der Waals surface area contributed by atoms with E-state index in [0.29, 0.717) is 15.3 Å². The average Bonchev–Trinajstić information content (AvgIpc) is 2.14. The molecule has 14 heavy (non-hydrogen) atoms. The van der Waals surface area contributed by atoms with Crippen molar-refractivity contribution in [3.8, 4) is 0 Å². The predicted molar refractivity (Wildman–Crippen MR) is 51.0 cm³/mol. The minimum Gasteiger partial charge on any atom is -0.425 e. The third-order valence-corrected chi connectivity index (χ3v) is 2.06. The molecule has 0 saturated carbocycles. The second-order valence-electron chi connectivity index (χ2n) is 2.73. The van der Waals surface area contributed by atoms with Gasteiger partial charge in [0, 0.05) is 5.02 Å². The highest BCUT2D eigenvalue weighted by atomic mass is 35.5. The molecule has 6 heteroatoms. The van der Waals surface area contributed by atoms with E-state index in [1.165, 1.54) is 18.2 Å². The lowest BCUT2D eigenvalue weighted by Crippen LogP contribution is -2.35. The summed E-state index contributed by atoms with van der Waals surface area (Å²) in [5, 5.41) is 9.68. The van der Waals surface area contributed by atoms with Crippen LogP contribution in [0.5, 0.6) is 0 Å². The van der Waals surface area contributed by atoms with Crippen molar-refractivity contribution in [2.24, 2.45) is 0 Å². The zero-order valence-electron chi connectivity index (χ0n) is 6.82. The van der Waals surface area contributed by atoms with Gasteiger partial charge in [-0.2, -0.15) is 0 Å². The maximum absolute atomic E-state index is 11.0. The van der Waals surface area contributed by atoms with Gasteiger partial charge in [0.2, 0.25) is 0 Å². The minimum atomic E-state index is -1.01. The summed E-state index contributed by atoms with van der Waals surface area (Å²) in [6, 6.07) is 4.40. The summed E-state index contributed by atoms with van der Waals surface area (Å²) < 4.78 is 0.296. The van der Waals surface area contributed by atoms with E-state index in [1.807, 2.05) is 0 Å². The molecule has 0 unspecified atom stereocenters. The van der Waals surface area contributed by atoms with Crippen LogP contribution in [-0.2, 0) is 0 Å². The van der Waals surface area contributed by atoms with Crippen molar-refractivity contribution in [1.82, 2.24) is 9.71 Å². The van der Waals surface area contributed by atoms with Gasteiger partial charge in [-0.1, -0.05) is 11.6 Å². The highest BCUT2D eigenvalue weighted by Gasteiger charge is 2.05. The molecular formula is C8H5ClN2O3. The molecule has 0 spiro atoms. The molecule has 0 atom stereocenters. The summed E-state index contributed by atoms with van der Waals surface area (Å²) in [4.78, 5) is 24.3. The van der Waals surface area contributed by atoms with E-state index in [2.05, 4.69) is 4.98 Å². The molecule has 0 amide bonds. The number of aromatic nitrogens is 2. The molecule has 5 nitrogen and oxygen atoms in total. The van der Waals surface area contributed by atoms with Gasteiger partial charge >= 0.3 is 11.1 Å². The summed E-state index contributed by atoms with van der Waals surface area (Å²) in [7, 11) is 0. The molecule has 72 valence electrons. The monoisotopic (exact) mass is 212 g/mol. The number of fused-ring (bicyclic) bond motifs is 1. The molecule has 0 aliphatic carbocycles. The number of nitrogens with one attached hydrogen (secondary N) is 1. The molecule has 2 N–H and O–H groups in total. The first-order valence-corrected chi connectivity index (χ1v) is 4.11. The van der Waals surface area contributed by atoms with E-state index in [9.17, 15) is 14.8 Å². The van der Waals surface area contributed by atoms with Gasteiger partial charge in [0.05, 0.1) is 5.52 Å². The zero-order valence-corrected chi connectivity index (χ0v) is 7.58. The smallest absolute Gasteiger partial charge is 0.348 e. The molecule has 0 aliphatic heterocycles. The van der Waals surface area contributed by atoms with E-state index >= 15 is 0 Å². The number of aromatic amines is 1. The van der Waals surface area contributed by atoms with Crippen LogP contribution in [0.3, 0.4) is 0 Å². The Morgan fingerprint density at radius 2 is 2.07 bits per heavy atom. The Labute approximate surface area is 82.1 Å². The summed E-state index contributed by atoms with van der Waals surface area (Å²) in [5.74, 6) is 0. The van der Waals surface area contributed by atoms with Gasteiger partial charge in [-0.3, -0.25) is 9.59 Å². The summed E-state index contributed by atoms with van der Waals surface area (Å²) in [5.41, 5.74) is -1.38. The quantitative estimate of drug-likeness (QED) is 0.496. The Morgan fingerprint density at radius 1 is 1.36 bits per heavy atom. The second kappa shape index (κ2) is 2.88. The van der Waals surface area contributed by atoms with E-state index in [4.69, 9.17) is 11.6 Å². The standard InChI is InChI=1S/C8H5ClN2O3/c9-4-1-2-6-5(3-4)10-7(12)8(13)11(6)14/h1-3,14H,(H,10,12). The van der Waals surface area contributed by atoms with Gasteiger partial charge in [0.1, 0.15) is 5.52 Å². The lowest BCUT2D eigenvalue weighted by molar-refractivity contribution is 0.186. The van der Waals surface area contributed by atoms with Crippen LogP contribution in [0.4, 0.5) is 0 Å². The van der Waals surface area contributed by atoms with Crippen molar-refractivity contribution in [3.05, 3.63) is 43.9 Å². The SMILES string of the molecule is O=c1[nH]c2cc(Cl)ccc2n(O)c1=O. The Morgan fingerprint density at radius 3 is 2.79 bits per heavy atom. The van der Waals surface area contributed by atoms with Crippen LogP contribution in [0.15, 0.2) is 27.8 Å². The van der Waals surface area contributed by atoms with Crippen LogP contribution < -0.4 is 11.1 Å². The van der Waals surface area contributed by atoms with Gasteiger partial charge in [-0.05, 0) is 18.2 Å². The largest absolute Gasteiger partial charge is 0.425 e. The highest BCUT2D eigenvalue weighted by molar-refractivity contribution is 6.31. The first-order valence-electron chi connectivity index (χ1n) is 3.73.